The normalized spacial score (nSPS) is 18.2. The van der Waals surface area contributed by atoms with Gasteiger partial charge in [-0.05, 0) is 43.1 Å². The maximum atomic E-state index is 9.67. The van der Waals surface area contributed by atoms with Crippen LogP contribution in [-0.4, -0.2) is 53.6 Å². The van der Waals surface area contributed by atoms with Gasteiger partial charge in [-0.15, -0.1) is 5.10 Å². The average molecular weight is 462 g/mol. The number of aryl methyl sites for hydroxylation is 1. The molecule has 4 rings (SSSR count). The van der Waals surface area contributed by atoms with Gasteiger partial charge in [-0.2, -0.15) is 5.10 Å². The number of benzene rings is 2. The van der Waals surface area contributed by atoms with E-state index in [-0.39, 0.29) is 12.5 Å². The Hall–Kier alpha value is -2.96. The van der Waals surface area contributed by atoms with Crippen LogP contribution < -0.4 is 9.47 Å². The standard InChI is InChI=1S/C28H35N3O3/c1-3-4-10-27-26(15-28(30-29-27)34-20-24-17-31(2)16-23(24)18-32)22-11-13-25(14-12-22)33-19-21-8-6-5-7-9-21/h5-9,11-15,23-24,32H,3-4,10,16-20H2,1-2H3. The van der Waals surface area contributed by atoms with Crippen molar-refractivity contribution in [2.24, 2.45) is 11.8 Å². The van der Waals surface area contributed by atoms with Crippen LogP contribution in [0.15, 0.2) is 60.7 Å². The van der Waals surface area contributed by atoms with Crippen molar-refractivity contribution in [1.82, 2.24) is 15.1 Å². The molecule has 0 radical (unpaired) electrons. The topological polar surface area (TPSA) is 67.7 Å². The Morgan fingerprint density at radius 3 is 2.47 bits per heavy atom. The van der Waals surface area contributed by atoms with E-state index in [1.165, 1.54) is 0 Å². The number of rotatable bonds is 11. The zero-order valence-corrected chi connectivity index (χ0v) is 20.2. The summed E-state index contributed by atoms with van der Waals surface area (Å²) in [6.07, 6.45) is 3.04. The lowest BCUT2D eigenvalue weighted by Gasteiger charge is -2.17. The van der Waals surface area contributed by atoms with Crippen LogP contribution in [0.1, 0.15) is 31.0 Å². The number of hydrogen-bond donors (Lipinski definition) is 1. The minimum atomic E-state index is 0.184. The number of unbranched alkanes of at least 4 members (excludes halogenated alkanes) is 1. The van der Waals surface area contributed by atoms with E-state index >= 15 is 0 Å². The third-order valence-corrected chi connectivity index (χ3v) is 6.47. The Morgan fingerprint density at radius 1 is 0.971 bits per heavy atom. The number of aromatic nitrogens is 2. The third-order valence-electron chi connectivity index (χ3n) is 6.47. The van der Waals surface area contributed by atoms with Crippen LogP contribution in [0.3, 0.4) is 0 Å². The molecule has 1 aromatic heterocycles. The van der Waals surface area contributed by atoms with Crippen molar-refractivity contribution in [1.29, 1.82) is 0 Å². The first-order valence-corrected chi connectivity index (χ1v) is 12.2. The molecular formula is C28H35N3O3. The Balaban J connectivity index is 1.47. The van der Waals surface area contributed by atoms with E-state index in [2.05, 4.69) is 53.3 Å². The first-order valence-electron chi connectivity index (χ1n) is 12.2. The highest BCUT2D eigenvalue weighted by Gasteiger charge is 2.30. The fraction of sp³-hybridized carbons (Fsp3) is 0.429. The Kier molecular flexibility index (Phi) is 8.50. The average Bonchev–Trinajstić information content (AvgIpc) is 3.25. The molecule has 1 fully saturated rings. The second kappa shape index (κ2) is 12.0. The molecule has 180 valence electrons. The summed E-state index contributed by atoms with van der Waals surface area (Å²) < 4.78 is 12.0. The molecule has 2 aromatic carbocycles. The quantitative estimate of drug-likeness (QED) is 0.450. The van der Waals surface area contributed by atoms with Crippen molar-refractivity contribution in [3.05, 3.63) is 71.9 Å². The van der Waals surface area contributed by atoms with E-state index in [4.69, 9.17) is 9.47 Å². The van der Waals surface area contributed by atoms with Gasteiger partial charge in [0.15, 0.2) is 0 Å². The molecule has 0 bridgehead atoms. The highest BCUT2D eigenvalue weighted by atomic mass is 16.5. The van der Waals surface area contributed by atoms with Crippen LogP contribution >= 0.6 is 0 Å². The van der Waals surface area contributed by atoms with Crippen molar-refractivity contribution in [2.45, 2.75) is 32.8 Å². The molecule has 1 N–H and O–H groups in total. The van der Waals surface area contributed by atoms with Crippen LogP contribution in [0, 0.1) is 11.8 Å². The lowest BCUT2D eigenvalue weighted by Crippen LogP contribution is -2.23. The predicted molar refractivity (Wildman–Crippen MR) is 134 cm³/mol. The largest absolute Gasteiger partial charge is 0.489 e. The fourth-order valence-corrected chi connectivity index (χ4v) is 4.48. The second-order valence-corrected chi connectivity index (χ2v) is 9.18. The minimum absolute atomic E-state index is 0.184. The lowest BCUT2D eigenvalue weighted by molar-refractivity contribution is 0.159. The van der Waals surface area contributed by atoms with E-state index in [1.54, 1.807) is 0 Å². The zero-order valence-electron chi connectivity index (χ0n) is 20.2. The summed E-state index contributed by atoms with van der Waals surface area (Å²) in [7, 11) is 2.08. The van der Waals surface area contributed by atoms with Gasteiger partial charge in [0.1, 0.15) is 12.4 Å². The molecule has 1 aliphatic rings. The molecule has 6 heteroatoms. The van der Waals surface area contributed by atoms with Crippen molar-refractivity contribution in [3.63, 3.8) is 0 Å². The van der Waals surface area contributed by atoms with Crippen molar-refractivity contribution < 1.29 is 14.6 Å². The molecule has 34 heavy (non-hydrogen) atoms. The van der Waals surface area contributed by atoms with E-state index < -0.39 is 0 Å². The summed E-state index contributed by atoms with van der Waals surface area (Å²) in [5.41, 5.74) is 4.26. The summed E-state index contributed by atoms with van der Waals surface area (Å²) in [5.74, 6) is 1.90. The summed E-state index contributed by atoms with van der Waals surface area (Å²) >= 11 is 0. The van der Waals surface area contributed by atoms with Gasteiger partial charge in [0.2, 0.25) is 5.88 Å². The SMILES string of the molecule is CCCCc1nnc(OCC2CN(C)CC2CO)cc1-c1ccc(OCc2ccccc2)cc1. The molecule has 6 nitrogen and oxygen atoms in total. The Bertz CT molecular complexity index is 1030. The maximum absolute atomic E-state index is 9.67. The van der Waals surface area contributed by atoms with Gasteiger partial charge in [0, 0.05) is 43.2 Å². The smallest absolute Gasteiger partial charge is 0.234 e. The summed E-state index contributed by atoms with van der Waals surface area (Å²) in [4.78, 5) is 2.24. The van der Waals surface area contributed by atoms with Gasteiger partial charge in [-0.1, -0.05) is 55.8 Å². The molecule has 1 saturated heterocycles. The van der Waals surface area contributed by atoms with Crippen LogP contribution in [0.5, 0.6) is 11.6 Å². The van der Waals surface area contributed by atoms with Gasteiger partial charge in [0.25, 0.3) is 0 Å². The fourth-order valence-electron chi connectivity index (χ4n) is 4.48. The lowest BCUT2D eigenvalue weighted by atomic mass is 9.98. The molecule has 1 aliphatic heterocycles. The molecular weight excluding hydrogens is 426 g/mol. The van der Waals surface area contributed by atoms with Crippen LogP contribution in [0.2, 0.25) is 0 Å². The number of likely N-dealkylation sites (tertiary alicyclic amines) is 1. The molecule has 3 aromatic rings. The first-order chi connectivity index (χ1) is 16.7. The van der Waals surface area contributed by atoms with Crippen molar-refractivity contribution in [3.8, 4) is 22.8 Å². The van der Waals surface area contributed by atoms with Gasteiger partial charge in [-0.25, -0.2) is 0 Å². The van der Waals surface area contributed by atoms with Crippen molar-refractivity contribution in [2.75, 3.05) is 33.4 Å². The molecule has 0 aliphatic carbocycles. The second-order valence-electron chi connectivity index (χ2n) is 9.18. The maximum Gasteiger partial charge on any atom is 0.234 e. The predicted octanol–water partition coefficient (Wildman–Crippen LogP) is 4.61. The summed E-state index contributed by atoms with van der Waals surface area (Å²) in [5, 5.41) is 18.5. The van der Waals surface area contributed by atoms with Crippen molar-refractivity contribution >= 4 is 0 Å². The van der Waals surface area contributed by atoms with Crippen LogP contribution in [0.25, 0.3) is 11.1 Å². The number of hydrogen-bond acceptors (Lipinski definition) is 6. The Labute approximate surface area is 202 Å². The van der Waals surface area contributed by atoms with Crippen LogP contribution in [-0.2, 0) is 13.0 Å². The minimum Gasteiger partial charge on any atom is -0.489 e. The van der Waals surface area contributed by atoms with Gasteiger partial charge in [-0.3, -0.25) is 0 Å². The summed E-state index contributed by atoms with van der Waals surface area (Å²) in [6.45, 7) is 5.26. The highest BCUT2D eigenvalue weighted by molar-refractivity contribution is 5.67. The summed E-state index contributed by atoms with van der Waals surface area (Å²) in [6, 6.07) is 20.3. The van der Waals surface area contributed by atoms with E-state index in [0.29, 0.717) is 25.0 Å². The van der Waals surface area contributed by atoms with E-state index in [0.717, 1.165) is 60.5 Å². The van der Waals surface area contributed by atoms with Crippen LogP contribution in [0.4, 0.5) is 0 Å². The van der Waals surface area contributed by atoms with Gasteiger partial charge < -0.3 is 19.5 Å². The Morgan fingerprint density at radius 2 is 1.74 bits per heavy atom. The van der Waals surface area contributed by atoms with Gasteiger partial charge >= 0.3 is 0 Å². The van der Waals surface area contributed by atoms with E-state index in [1.807, 2.05) is 36.4 Å². The zero-order chi connectivity index (χ0) is 23.8. The first kappa shape index (κ1) is 24.2. The molecule has 0 spiro atoms. The molecule has 0 saturated carbocycles. The number of ether oxygens (including phenoxy) is 2. The highest BCUT2D eigenvalue weighted by Crippen LogP contribution is 2.29. The number of aliphatic hydroxyl groups excluding tert-OH is 1. The molecule has 0 amide bonds. The third kappa shape index (κ3) is 6.33. The molecule has 2 atom stereocenters. The number of aliphatic hydroxyl groups is 1. The molecule has 2 heterocycles. The van der Waals surface area contributed by atoms with E-state index in [9.17, 15) is 5.11 Å². The van der Waals surface area contributed by atoms with Gasteiger partial charge in [0.05, 0.1) is 12.3 Å². The molecule has 2 unspecified atom stereocenters. The monoisotopic (exact) mass is 461 g/mol. The number of nitrogens with zero attached hydrogens (tertiary/aromatic N) is 3.